The quantitative estimate of drug-likeness (QED) is 0.341. The largest absolute Gasteiger partial charge is 0.373 e. The molecule has 1 aliphatic heterocycles. The molecule has 0 bridgehead atoms. The topological polar surface area (TPSA) is 131 Å². The predicted molar refractivity (Wildman–Crippen MR) is 108 cm³/mol. The maximum absolute atomic E-state index is 12.1. The molecule has 0 aliphatic carbocycles. The van der Waals surface area contributed by atoms with E-state index < -0.39 is 26.1 Å². The van der Waals surface area contributed by atoms with Gasteiger partial charge < -0.3 is 9.84 Å². The third kappa shape index (κ3) is 4.32. The summed E-state index contributed by atoms with van der Waals surface area (Å²) < 4.78 is 28.9. The number of hydrogen-bond acceptors (Lipinski definition) is 7. The molecule has 3 rings (SSSR count). The van der Waals surface area contributed by atoms with Crippen LogP contribution in [0.3, 0.4) is 0 Å². The highest BCUT2D eigenvalue weighted by molar-refractivity contribution is 7.92. The van der Waals surface area contributed by atoms with Crippen LogP contribution in [-0.2, 0) is 25.9 Å². The lowest BCUT2D eigenvalue weighted by Gasteiger charge is -2.30. The van der Waals surface area contributed by atoms with Crippen LogP contribution in [0.4, 0.5) is 0 Å². The van der Waals surface area contributed by atoms with E-state index in [-0.39, 0.29) is 26.2 Å². The second-order valence-electron chi connectivity index (χ2n) is 7.36. The Hall–Kier alpha value is -2.89. The van der Waals surface area contributed by atoms with Gasteiger partial charge in [-0.1, -0.05) is 5.92 Å². The van der Waals surface area contributed by atoms with Gasteiger partial charge in [-0.2, -0.15) is 5.10 Å². The number of aryl methyl sites for hydroxylation is 1. The van der Waals surface area contributed by atoms with Gasteiger partial charge in [-0.25, -0.2) is 13.9 Å². The SMILES string of the molecule is C[C@@](CCn1ncc2cc(C#CC#CC3(O)COC3)ccc21)(C(=O)NO)S(C)(=O)=O. The minimum Gasteiger partial charge on any atom is -0.373 e. The van der Waals surface area contributed by atoms with Crippen LogP contribution in [0, 0.1) is 23.7 Å². The number of benzene rings is 1. The molecule has 3 N–H and O–H groups in total. The summed E-state index contributed by atoms with van der Waals surface area (Å²) in [5, 5.41) is 23.8. The van der Waals surface area contributed by atoms with E-state index in [1.165, 1.54) is 12.4 Å². The van der Waals surface area contributed by atoms with E-state index in [1.807, 2.05) is 6.07 Å². The summed E-state index contributed by atoms with van der Waals surface area (Å²) in [5.41, 5.74) is 1.77. The Bertz CT molecular complexity index is 1210. The molecule has 30 heavy (non-hydrogen) atoms. The Kier molecular flexibility index (Phi) is 5.88. The number of fused-ring (bicyclic) bond motifs is 1. The van der Waals surface area contributed by atoms with Crippen LogP contribution in [0.1, 0.15) is 18.9 Å². The minimum absolute atomic E-state index is 0.0707. The summed E-state index contributed by atoms with van der Waals surface area (Å²) in [5.74, 6) is 9.87. The fourth-order valence-electron chi connectivity index (χ4n) is 2.87. The molecule has 0 radical (unpaired) electrons. The van der Waals surface area contributed by atoms with Gasteiger partial charge in [0, 0.05) is 23.8 Å². The summed E-state index contributed by atoms with van der Waals surface area (Å²) in [6, 6.07) is 5.37. The number of sulfone groups is 1. The Morgan fingerprint density at radius 2 is 2.13 bits per heavy atom. The van der Waals surface area contributed by atoms with Crippen molar-refractivity contribution in [2.75, 3.05) is 19.5 Å². The number of carbonyl (C=O) groups excluding carboxylic acids is 1. The lowest BCUT2D eigenvalue weighted by atomic mass is 10.0. The molecule has 1 aromatic carbocycles. The maximum Gasteiger partial charge on any atom is 0.264 e. The number of nitrogens with one attached hydrogen (secondary N) is 1. The molecular formula is C20H21N3O6S. The van der Waals surface area contributed by atoms with Crippen molar-refractivity contribution in [1.82, 2.24) is 15.3 Å². The Morgan fingerprint density at radius 1 is 1.40 bits per heavy atom. The van der Waals surface area contributed by atoms with E-state index in [4.69, 9.17) is 9.94 Å². The molecule has 1 saturated heterocycles. The zero-order valence-corrected chi connectivity index (χ0v) is 17.3. The number of nitrogens with zero attached hydrogens (tertiary/aromatic N) is 2. The molecule has 1 fully saturated rings. The van der Waals surface area contributed by atoms with E-state index >= 15 is 0 Å². The summed E-state index contributed by atoms with van der Waals surface area (Å²) in [4.78, 5) is 11.9. The molecule has 2 heterocycles. The standard InChI is InChI=1S/C20H21N3O6S/c1-19(18(24)22-26,30(2,27)28)9-10-23-17-7-6-15(11-16(17)12-21-23)5-3-4-8-20(25)13-29-14-20/h6-7,11-12,25-26H,9-10,13-14H2,1-2H3,(H,22,24)/t19-/m1/s1. The summed E-state index contributed by atoms with van der Waals surface area (Å²) in [6.45, 7) is 1.79. The van der Waals surface area contributed by atoms with Gasteiger partial charge in [0.05, 0.1) is 24.9 Å². The highest BCUT2D eigenvalue weighted by Crippen LogP contribution is 2.24. The number of rotatable bonds is 5. The second-order valence-corrected chi connectivity index (χ2v) is 9.81. The number of aliphatic hydroxyl groups is 1. The van der Waals surface area contributed by atoms with Gasteiger partial charge >= 0.3 is 0 Å². The van der Waals surface area contributed by atoms with Gasteiger partial charge in [0.25, 0.3) is 5.91 Å². The van der Waals surface area contributed by atoms with Crippen LogP contribution in [0.2, 0.25) is 0 Å². The third-order valence-electron chi connectivity index (χ3n) is 5.09. The number of hydrogen-bond donors (Lipinski definition) is 3. The predicted octanol–water partition coefficient (Wildman–Crippen LogP) is -0.149. The molecule has 1 amide bonds. The molecule has 1 aromatic heterocycles. The average molecular weight is 431 g/mol. The van der Waals surface area contributed by atoms with Crippen LogP contribution in [0.5, 0.6) is 0 Å². The number of hydroxylamine groups is 1. The van der Waals surface area contributed by atoms with Crippen molar-refractivity contribution in [3.63, 3.8) is 0 Å². The first-order valence-corrected chi connectivity index (χ1v) is 10.9. The van der Waals surface area contributed by atoms with E-state index in [0.717, 1.165) is 17.2 Å². The molecule has 10 heteroatoms. The Labute approximate surface area is 173 Å². The second kappa shape index (κ2) is 8.09. The lowest BCUT2D eigenvalue weighted by molar-refractivity contribution is -0.140. The van der Waals surface area contributed by atoms with E-state index in [0.29, 0.717) is 5.56 Å². The summed E-state index contributed by atoms with van der Waals surface area (Å²) in [6.07, 6.45) is 2.50. The molecule has 2 aromatic rings. The smallest absolute Gasteiger partial charge is 0.264 e. The zero-order valence-electron chi connectivity index (χ0n) is 16.5. The molecule has 158 valence electrons. The van der Waals surface area contributed by atoms with Crippen LogP contribution < -0.4 is 5.48 Å². The number of amides is 1. The van der Waals surface area contributed by atoms with Crippen LogP contribution in [0.25, 0.3) is 10.9 Å². The fraction of sp³-hybridized carbons (Fsp3) is 0.400. The molecule has 9 nitrogen and oxygen atoms in total. The van der Waals surface area contributed by atoms with Crippen molar-refractivity contribution in [3.8, 4) is 23.7 Å². The fourth-order valence-corrected chi connectivity index (χ4v) is 3.71. The van der Waals surface area contributed by atoms with Gasteiger partial charge in [0.2, 0.25) is 0 Å². The average Bonchev–Trinajstić information content (AvgIpc) is 3.08. The number of ether oxygens (including phenoxy) is 1. The highest BCUT2D eigenvalue weighted by atomic mass is 32.2. The molecule has 0 spiro atoms. The first-order chi connectivity index (χ1) is 14.1. The molecule has 1 aliphatic rings. The summed E-state index contributed by atoms with van der Waals surface area (Å²) >= 11 is 0. The van der Waals surface area contributed by atoms with E-state index in [2.05, 4.69) is 28.8 Å². The van der Waals surface area contributed by atoms with E-state index in [1.54, 1.807) is 23.0 Å². The lowest BCUT2D eigenvalue weighted by Crippen LogP contribution is -2.49. The van der Waals surface area contributed by atoms with Gasteiger partial charge in [-0.15, -0.1) is 0 Å². The van der Waals surface area contributed by atoms with Crippen LogP contribution in [-0.4, -0.2) is 64.2 Å². The molecule has 1 atom stereocenters. The van der Waals surface area contributed by atoms with Crippen LogP contribution >= 0.6 is 0 Å². The van der Waals surface area contributed by atoms with Gasteiger partial charge in [0.15, 0.2) is 20.2 Å². The van der Waals surface area contributed by atoms with Crippen molar-refractivity contribution in [2.45, 2.75) is 30.2 Å². The van der Waals surface area contributed by atoms with Crippen molar-refractivity contribution < 1.29 is 28.3 Å². The van der Waals surface area contributed by atoms with Crippen molar-refractivity contribution in [2.24, 2.45) is 0 Å². The maximum atomic E-state index is 12.1. The first-order valence-electron chi connectivity index (χ1n) is 9.01. The highest BCUT2D eigenvalue weighted by Gasteiger charge is 2.43. The molecule has 0 saturated carbocycles. The first kappa shape index (κ1) is 21.8. The molecule has 0 unspecified atom stereocenters. The van der Waals surface area contributed by atoms with Gasteiger partial charge in [-0.05, 0) is 49.3 Å². The molecular weight excluding hydrogens is 410 g/mol. The van der Waals surface area contributed by atoms with E-state index in [9.17, 15) is 18.3 Å². The summed E-state index contributed by atoms with van der Waals surface area (Å²) in [7, 11) is -3.78. The number of aromatic nitrogens is 2. The monoisotopic (exact) mass is 431 g/mol. The van der Waals surface area contributed by atoms with Crippen molar-refractivity contribution in [1.29, 1.82) is 0 Å². The van der Waals surface area contributed by atoms with Gasteiger partial charge in [-0.3, -0.25) is 14.7 Å². The van der Waals surface area contributed by atoms with Gasteiger partial charge in [0.1, 0.15) is 0 Å². The van der Waals surface area contributed by atoms with Crippen LogP contribution in [0.15, 0.2) is 24.4 Å². The zero-order chi connectivity index (χ0) is 22.0. The minimum atomic E-state index is -3.78. The van der Waals surface area contributed by atoms with Crippen molar-refractivity contribution >= 4 is 26.6 Å². The Morgan fingerprint density at radius 3 is 2.73 bits per heavy atom. The van der Waals surface area contributed by atoms with Crippen molar-refractivity contribution in [3.05, 3.63) is 30.0 Å². The normalized spacial score (nSPS) is 16.9. The Balaban J connectivity index is 1.77. The third-order valence-corrected chi connectivity index (χ3v) is 7.12. The number of carbonyl (C=O) groups is 1.